The van der Waals surface area contributed by atoms with Crippen molar-refractivity contribution in [2.24, 2.45) is 0 Å². The lowest BCUT2D eigenvalue weighted by atomic mass is 10.0. The Labute approximate surface area is 86.0 Å². The van der Waals surface area contributed by atoms with Crippen LogP contribution in [-0.2, 0) is 0 Å². The quantitative estimate of drug-likeness (QED) is 0.753. The molecule has 0 atom stereocenters. The summed E-state index contributed by atoms with van der Waals surface area (Å²) in [6.45, 7) is 4.65. The summed E-state index contributed by atoms with van der Waals surface area (Å²) in [6.07, 6.45) is 0. The summed E-state index contributed by atoms with van der Waals surface area (Å²) >= 11 is 3.51. The van der Waals surface area contributed by atoms with Crippen LogP contribution in [0.1, 0.15) is 25.3 Å². The van der Waals surface area contributed by atoms with E-state index in [1.54, 1.807) is 0 Å². The fourth-order valence-electron chi connectivity index (χ4n) is 1.38. The van der Waals surface area contributed by atoms with E-state index in [2.05, 4.69) is 29.8 Å². The molecule has 1 aromatic rings. The molecular formula is C10H11BrO2. The third-order valence-corrected chi connectivity index (χ3v) is 2.80. The maximum atomic E-state index is 5.30. The molecule has 13 heavy (non-hydrogen) atoms. The summed E-state index contributed by atoms with van der Waals surface area (Å²) in [5.41, 5.74) is 1.25. The number of benzene rings is 1. The molecule has 0 fully saturated rings. The molecular weight excluding hydrogens is 232 g/mol. The van der Waals surface area contributed by atoms with Crippen molar-refractivity contribution in [2.45, 2.75) is 19.8 Å². The minimum atomic E-state index is 0.337. The van der Waals surface area contributed by atoms with Gasteiger partial charge in [-0.25, -0.2) is 0 Å². The highest BCUT2D eigenvalue weighted by atomic mass is 79.9. The normalized spacial score (nSPS) is 13.8. The van der Waals surface area contributed by atoms with Crippen molar-refractivity contribution < 1.29 is 9.47 Å². The van der Waals surface area contributed by atoms with Crippen LogP contribution in [0.5, 0.6) is 11.5 Å². The fraction of sp³-hybridized carbons (Fsp3) is 0.400. The van der Waals surface area contributed by atoms with Gasteiger partial charge in [0.2, 0.25) is 6.79 Å². The molecule has 0 spiro atoms. The molecule has 0 saturated carbocycles. The second-order valence-corrected chi connectivity index (χ2v) is 4.24. The molecule has 1 heterocycles. The van der Waals surface area contributed by atoms with Crippen molar-refractivity contribution >= 4 is 15.9 Å². The smallest absolute Gasteiger partial charge is 0.231 e. The van der Waals surface area contributed by atoms with E-state index in [0.29, 0.717) is 12.7 Å². The molecule has 1 aliphatic heterocycles. The lowest BCUT2D eigenvalue weighted by molar-refractivity contribution is 0.174. The van der Waals surface area contributed by atoms with Gasteiger partial charge in [0.25, 0.3) is 0 Å². The Balaban J connectivity index is 2.49. The first-order valence-corrected chi connectivity index (χ1v) is 5.07. The van der Waals surface area contributed by atoms with Gasteiger partial charge < -0.3 is 9.47 Å². The standard InChI is InChI=1S/C10H11BrO2/c1-6(2)7-3-9-10(4-8(7)11)13-5-12-9/h3-4,6H,5H2,1-2H3. The van der Waals surface area contributed by atoms with Gasteiger partial charge in [-0.1, -0.05) is 29.8 Å². The van der Waals surface area contributed by atoms with Crippen molar-refractivity contribution in [1.82, 2.24) is 0 Å². The Morgan fingerprint density at radius 2 is 1.85 bits per heavy atom. The zero-order valence-corrected chi connectivity index (χ0v) is 9.22. The molecule has 0 aliphatic carbocycles. The van der Waals surface area contributed by atoms with Crippen LogP contribution < -0.4 is 9.47 Å². The highest BCUT2D eigenvalue weighted by molar-refractivity contribution is 9.10. The van der Waals surface area contributed by atoms with E-state index in [-0.39, 0.29) is 0 Å². The van der Waals surface area contributed by atoms with Gasteiger partial charge in [-0.15, -0.1) is 0 Å². The number of fused-ring (bicyclic) bond motifs is 1. The Kier molecular flexibility index (Phi) is 2.20. The minimum absolute atomic E-state index is 0.337. The SMILES string of the molecule is CC(C)c1cc2c(cc1Br)OCO2. The van der Waals surface area contributed by atoms with Crippen LogP contribution in [0.2, 0.25) is 0 Å². The van der Waals surface area contributed by atoms with Crippen LogP contribution in [0, 0.1) is 0 Å². The second-order valence-electron chi connectivity index (χ2n) is 3.38. The third-order valence-electron chi connectivity index (χ3n) is 2.11. The van der Waals surface area contributed by atoms with E-state index in [9.17, 15) is 0 Å². The fourth-order valence-corrected chi connectivity index (χ4v) is 2.16. The van der Waals surface area contributed by atoms with Gasteiger partial charge in [-0.05, 0) is 23.6 Å². The summed E-state index contributed by atoms with van der Waals surface area (Å²) in [5.74, 6) is 2.17. The van der Waals surface area contributed by atoms with Crippen molar-refractivity contribution in [3.63, 3.8) is 0 Å². The van der Waals surface area contributed by atoms with Crippen LogP contribution in [0.3, 0.4) is 0 Å². The number of hydrogen-bond acceptors (Lipinski definition) is 2. The van der Waals surface area contributed by atoms with Gasteiger partial charge in [0.05, 0.1) is 0 Å². The Bertz CT molecular complexity index is 334. The second kappa shape index (κ2) is 3.22. The molecule has 2 nitrogen and oxygen atoms in total. The van der Waals surface area contributed by atoms with E-state index < -0.39 is 0 Å². The molecule has 1 aromatic carbocycles. The Hall–Kier alpha value is -0.700. The van der Waals surface area contributed by atoms with E-state index >= 15 is 0 Å². The minimum Gasteiger partial charge on any atom is -0.454 e. The Morgan fingerprint density at radius 3 is 2.46 bits per heavy atom. The van der Waals surface area contributed by atoms with Crippen LogP contribution in [0.15, 0.2) is 16.6 Å². The first kappa shape index (κ1) is 8.88. The molecule has 0 saturated heterocycles. The molecule has 1 aliphatic rings. The van der Waals surface area contributed by atoms with Gasteiger partial charge in [-0.3, -0.25) is 0 Å². The van der Waals surface area contributed by atoms with Gasteiger partial charge in [0, 0.05) is 4.47 Å². The number of hydrogen-bond donors (Lipinski definition) is 0. The van der Waals surface area contributed by atoms with Gasteiger partial charge in [-0.2, -0.15) is 0 Å². The molecule has 70 valence electrons. The van der Waals surface area contributed by atoms with Gasteiger partial charge >= 0.3 is 0 Å². The topological polar surface area (TPSA) is 18.5 Å². The van der Waals surface area contributed by atoms with Gasteiger partial charge in [0.15, 0.2) is 11.5 Å². The predicted molar refractivity (Wildman–Crippen MR) is 54.4 cm³/mol. The average molecular weight is 243 g/mol. The maximum Gasteiger partial charge on any atom is 0.231 e. The average Bonchev–Trinajstić information content (AvgIpc) is 2.48. The van der Waals surface area contributed by atoms with E-state index in [1.807, 2.05) is 12.1 Å². The molecule has 3 heteroatoms. The zero-order valence-electron chi connectivity index (χ0n) is 7.63. The van der Waals surface area contributed by atoms with Crippen molar-refractivity contribution in [3.8, 4) is 11.5 Å². The molecule has 0 bridgehead atoms. The summed E-state index contributed by atoms with van der Waals surface area (Å²) in [5, 5.41) is 0. The molecule has 0 radical (unpaired) electrons. The number of rotatable bonds is 1. The largest absolute Gasteiger partial charge is 0.454 e. The van der Waals surface area contributed by atoms with Crippen molar-refractivity contribution in [1.29, 1.82) is 0 Å². The maximum absolute atomic E-state index is 5.30. The van der Waals surface area contributed by atoms with E-state index in [0.717, 1.165) is 16.0 Å². The van der Waals surface area contributed by atoms with Crippen LogP contribution in [0.25, 0.3) is 0 Å². The van der Waals surface area contributed by atoms with Crippen LogP contribution in [0.4, 0.5) is 0 Å². The molecule has 0 unspecified atom stereocenters. The first-order chi connectivity index (χ1) is 6.18. The van der Waals surface area contributed by atoms with Gasteiger partial charge in [0.1, 0.15) is 0 Å². The lowest BCUT2D eigenvalue weighted by Crippen LogP contribution is -1.93. The predicted octanol–water partition coefficient (Wildman–Crippen LogP) is 3.30. The third kappa shape index (κ3) is 1.53. The summed E-state index contributed by atoms with van der Waals surface area (Å²) in [6, 6.07) is 4.01. The Morgan fingerprint density at radius 1 is 1.23 bits per heavy atom. The van der Waals surface area contributed by atoms with Crippen molar-refractivity contribution in [3.05, 3.63) is 22.2 Å². The zero-order chi connectivity index (χ0) is 9.42. The molecule has 0 aromatic heterocycles. The van der Waals surface area contributed by atoms with E-state index in [1.165, 1.54) is 5.56 Å². The first-order valence-electron chi connectivity index (χ1n) is 4.27. The highest BCUT2D eigenvalue weighted by Gasteiger charge is 2.17. The molecule has 2 rings (SSSR count). The number of ether oxygens (including phenoxy) is 2. The summed E-state index contributed by atoms with van der Waals surface area (Å²) in [4.78, 5) is 0. The monoisotopic (exact) mass is 242 g/mol. The van der Waals surface area contributed by atoms with Crippen LogP contribution in [-0.4, -0.2) is 6.79 Å². The molecule has 0 N–H and O–H groups in total. The van der Waals surface area contributed by atoms with E-state index in [4.69, 9.17) is 9.47 Å². The highest BCUT2D eigenvalue weighted by Crippen LogP contribution is 2.39. The lowest BCUT2D eigenvalue weighted by Gasteiger charge is -2.08. The summed E-state index contributed by atoms with van der Waals surface area (Å²) in [7, 11) is 0. The van der Waals surface area contributed by atoms with Crippen LogP contribution >= 0.6 is 15.9 Å². The van der Waals surface area contributed by atoms with Crippen molar-refractivity contribution in [2.75, 3.05) is 6.79 Å². The summed E-state index contributed by atoms with van der Waals surface area (Å²) < 4.78 is 11.7. The number of halogens is 1. The molecule has 0 amide bonds.